The molecule has 0 aliphatic heterocycles. The first-order chi connectivity index (χ1) is 24.9. The number of sulfonamides is 2. The monoisotopic (exact) mass is 784 g/mol. The molecule has 0 unspecified atom stereocenters. The maximum absolute atomic E-state index is 13.8. The second-order valence-corrected chi connectivity index (χ2v) is 16.0. The van der Waals surface area contributed by atoms with Crippen LogP contribution >= 0.6 is 23.2 Å². The van der Waals surface area contributed by atoms with Crippen LogP contribution in [-0.2, 0) is 44.5 Å². The Morgan fingerprint density at radius 2 is 1.29 bits per heavy atom. The standard InChI is InChI=1S/C36H34Cl2N4O8S2/c1-48-34-19-18-33(20-35(34)49-2)52(46,47)42(22-26-6-4-3-5-7-26)25-36(43)40-39-21-30-14-15-31(50-30)24-41(23-27-8-10-28(37)11-9-27)51(44,45)32-16-12-29(38)13-17-32/h3-21H,22-25H2,1-2H3,(H,40,43)/b39-21-. The highest BCUT2D eigenvalue weighted by Crippen LogP contribution is 2.31. The van der Waals surface area contributed by atoms with Gasteiger partial charge in [0.2, 0.25) is 20.0 Å². The van der Waals surface area contributed by atoms with Gasteiger partial charge in [-0.1, -0.05) is 65.7 Å². The van der Waals surface area contributed by atoms with Crippen LogP contribution in [0.25, 0.3) is 0 Å². The fourth-order valence-electron chi connectivity index (χ4n) is 5.00. The van der Waals surface area contributed by atoms with Crippen molar-refractivity contribution in [2.75, 3.05) is 20.8 Å². The van der Waals surface area contributed by atoms with Crippen molar-refractivity contribution in [3.8, 4) is 11.5 Å². The van der Waals surface area contributed by atoms with Crippen molar-refractivity contribution in [1.82, 2.24) is 14.0 Å². The van der Waals surface area contributed by atoms with Gasteiger partial charge in [-0.2, -0.15) is 13.7 Å². The summed E-state index contributed by atoms with van der Waals surface area (Å²) in [5, 5.41) is 4.86. The molecule has 5 aromatic rings. The van der Waals surface area contributed by atoms with Gasteiger partial charge in [-0.05, 0) is 71.8 Å². The van der Waals surface area contributed by atoms with Crippen molar-refractivity contribution < 1.29 is 35.5 Å². The van der Waals surface area contributed by atoms with E-state index in [0.717, 1.165) is 4.31 Å². The SMILES string of the molecule is COc1ccc(S(=O)(=O)N(CC(=O)N/N=C\c2ccc(CN(Cc3ccc(Cl)cc3)S(=O)(=O)c3ccc(Cl)cc3)o2)Cc2ccccc2)cc1OC. The highest BCUT2D eigenvalue weighted by molar-refractivity contribution is 7.89. The lowest BCUT2D eigenvalue weighted by Crippen LogP contribution is -2.39. The molecule has 16 heteroatoms. The minimum atomic E-state index is -4.20. The molecule has 0 fully saturated rings. The Morgan fingerprint density at radius 3 is 1.94 bits per heavy atom. The van der Waals surface area contributed by atoms with E-state index in [0.29, 0.717) is 32.7 Å². The van der Waals surface area contributed by atoms with Gasteiger partial charge in [-0.25, -0.2) is 22.3 Å². The van der Waals surface area contributed by atoms with E-state index in [2.05, 4.69) is 10.5 Å². The molecule has 12 nitrogen and oxygen atoms in total. The van der Waals surface area contributed by atoms with E-state index in [1.54, 1.807) is 66.7 Å². The van der Waals surface area contributed by atoms with Gasteiger partial charge in [-0.3, -0.25) is 4.79 Å². The zero-order valence-electron chi connectivity index (χ0n) is 28.0. The predicted molar refractivity (Wildman–Crippen MR) is 197 cm³/mol. The van der Waals surface area contributed by atoms with Crippen LogP contribution in [0.3, 0.4) is 0 Å². The van der Waals surface area contributed by atoms with Crippen molar-refractivity contribution in [1.29, 1.82) is 0 Å². The molecular formula is C36H34Cl2N4O8S2. The van der Waals surface area contributed by atoms with Crippen molar-refractivity contribution in [3.05, 3.63) is 142 Å². The number of hydrogen-bond donors (Lipinski definition) is 1. The molecule has 0 saturated carbocycles. The maximum atomic E-state index is 13.8. The van der Waals surface area contributed by atoms with Crippen LogP contribution < -0.4 is 14.9 Å². The van der Waals surface area contributed by atoms with Crippen molar-refractivity contribution in [2.45, 2.75) is 29.4 Å². The molecule has 1 N–H and O–H groups in total. The van der Waals surface area contributed by atoms with Crippen molar-refractivity contribution in [2.24, 2.45) is 5.10 Å². The molecule has 52 heavy (non-hydrogen) atoms. The Labute approximate surface area is 312 Å². The van der Waals surface area contributed by atoms with Crippen LogP contribution in [0.1, 0.15) is 22.6 Å². The fraction of sp³-hybridized carbons (Fsp3) is 0.167. The number of rotatable bonds is 16. The first kappa shape index (κ1) is 38.5. The highest BCUT2D eigenvalue weighted by Gasteiger charge is 2.29. The van der Waals surface area contributed by atoms with Crippen LogP contribution in [0, 0.1) is 0 Å². The summed E-state index contributed by atoms with van der Waals surface area (Å²) in [6.07, 6.45) is 1.23. The molecule has 0 aliphatic carbocycles. The maximum Gasteiger partial charge on any atom is 0.255 e. The van der Waals surface area contributed by atoms with Crippen LogP contribution in [0.15, 0.2) is 129 Å². The number of nitrogens with zero attached hydrogens (tertiary/aromatic N) is 3. The molecule has 272 valence electrons. The van der Waals surface area contributed by atoms with Crippen LogP contribution in [0.4, 0.5) is 0 Å². The Morgan fingerprint density at radius 1 is 0.712 bits per heavy atom. The summed E-state index contributed by atoms with van der Waals surface area (Å²) in [7, 11) is -5.36. The lowest BCUT2D eigenvalue weighted by atomic mass is 10.2. The summed E-state index contributed by atoms with van der Waals surface area (Å²) in [5.74, 6) is 0.359. The predicted octanol–water partition coefficient (Wildman–Crippen LogP) is 6.34. The lowest BCUT2D eigenvalue weighted by molar-refractivity contribution is -0.121. The molecular weight excluding hydrogens is 751 g/mol. The molecule has 0 saturated heterocycles. The molecule has 0 radical (unpaired) electrons. The minimum absolute atomic E-state index is 0.0218. The van der Waals surface area contributed by atoms with Gasteiger partial charge in [-0.15, -0.1) is 0 Å². The molecule has 1 amide bonds. The third-order valence-corrected chi connectivity index (χ3v) is 11.7. The van der Waals surface area contributed by atoms with E-state index in [1.165, 1.54) is 67.2 Å². The Balaban J connectivity index is 1.30. The quantitative estimate of drug-likeness (QED) is 0.0902. The highest BCUT2D eigenvalue weighted by atomic mass is 35.5. The number of methoxy groups -OCH3 is 2. The number of nitrogens with one attached hydrogen (secondary N) is 1. The Kier molecular flexibility index (Phi) is 12.8. The molecule has 4 aromatic carbocycles. The number of furan rings is 1. The second-order valence-electron chi connectivity index (χ2n) is 11.2. The van der Waals surface area contributed by atoms with Crippen LogP contribution in [-0.4, -0.2) is 58.3 Å². The van der Waals surface area contributed by atoms with Gasteiger partial charge in [0.1, 0.15) is 11.5 Å². The lowest BCUT2D eigenvalue weighted by Gasteiger charge is -2.22. The van der Waals surface area contributed by atoms with Gasteiger partial charge in [0, 0.05) is 29.2 Å². The molecule has 1 heterocycles. The third kappa shape index (κ3) is 9.79. The number of halogens is 2. The Bertz CT molecular complexity index is 2230. The van der Waals surface area contributed by atoms with Gasteiger partial charge < -0.3 is 13.9 Å². The second kappa shape index (κ2) is 17.2. The number of benzene rings is 4. The number of hydrogen-bond acceptors (Lipinski definition) is 9. The molecule has 0 atom stereocenters. The number of amides is 1. The van der Waals surface area contributed by atoms with E-state index in [-0.39, 0.29) is 40.9 Å². The average Bonchev–Trinajstić information content (AvgIpc) is 3.59. The van der Waals surface area contributed by atoms with Gasteiger partial charge in [0.05, 0.1) is 43.3 Å². The summed E-state index contributed by atoms with van der Waals surface area (Å²) in [4.78, 5) is 13.0. The zero-order valence-corrected chi connectivity index (χ0v) is 31.1. The molecule has 0 spiro atoms. The van der Waals surface area contributed by atoms with Gasteiger partial charge in [0.25, 0.3) is 5.91 Å². The third-order valence-electron chi connectivity index (χ3n) is 7.63. The molecule has 5 rings (SSSR count). The number of ether oxygens (including phenoxy) is 2. The van der Waals surface area contributed by atoms with Gasteiger partial charge in [0.15, 0.2) is 11.5 Å². The van der Waals surface area contributed by atoms with E-state index >= 15 is 0 Å². The summed E-state index contributed by atoms with van der Waals surface area (Å²) < 4.78 is 73.5. The smallest absolute Gasteiger partial charge is 0.255 e. The summed E-state index contributed by atoms with van der Waals surface area (Å²) in [6, 6.07) is 28.8. The average molecular weight is 786 g/mol. The van der Waals surface area contributed by atoms with E-state index < -0.39 is 32.5 Å². The molecule has 0 aliphatic rings. The Hall–Kier alpha value is -4.70. The largest absolute Gasteiger partial charge is 0.493 e. The summed E-state index contributed by atoms with van der Waals surface area (Å²) in [6.45, 7) is -0.763. The number of carbonyl (C=O) groups is 1. The molecule has 1 aromatic heterocycles. The number of carbonyl (C=O) groups excluding carboxylic acids is 1. The summed E-state index contributed by atoms with van der Waals surface area (Å²) >= 11 is 12.0. The minimum Gasteiger partial charge on any atom is -0.493 e. The zero-order chi connectivity index (χ0) is 37.3. The van der Waals surface area contributed by atoms with Gasteiger partial charge >= 0.3 is 0 Å². The topological polar surface area (TPSA) is 148 Å². The van der Waals surface area contributed by atoms with E-state index in [9.17, 15) is 21.6 Å². The first-order valence-electron chi connectivity index (χ1n) is 15.6. The summed E-state index contributed by atoms with van der Waals surface area (Å²) in [5.41, 5.74) is 3.70. The van der Waals surface area contributed by atoms with E-state index in [4.69, 9.17) is 37.1 Å². The number of hydrazone groups is 1. The first-order valence-corrected chi connectivity index (χ1v) is 19.2. The van der Waals surface area contributed by atoms with Crippen LogP contribution in [0.5, 0.6) is 11.5 Å². The molecule has 0 bridgehead atoms. The van der Waals surface area contributed by atoms with Crippen molar-refractivity contribution >= 4 is 55.4 Å². The van der Waals surface area contributed by atoms with Crippen LogP contribution in [0.2, 0.25) is 10.0 Å². The van der Waals surface area contributed by atoms with E-state index in [1.807, 2.05) is 0 Å². The normalized spacial score (nSPS) is 12.0. The fourth-order valence-corrected chi connectivity index (χ4v) is 8.05. The van der Waals surface area contributed by atoms with Crippen molar-refractivity contribution in [3.63, 3.8) is 0 Å².